The molecule has 0 aliphatic carbocycles. The van der Waals surface area contributed by atoms with Crippen LogP contribution in [0.4, 0.5) is 10.7 Å². The molecule has 0 unspecified atom stereocenters. The zero-order chi connectivity index (χ0) is 19.6. The molecule has 0 atom stereocenters. The van der Waals surface area contributed by atoms with Crippen LogP contribution in [0, 0.1) is 20.2 Å². The van der Waals surface area contributed by atoms with Crippen LogP contribution in [0.1, 0.15) is 9.67 Å². The fourth-order valence-electron chi connectivity index (χ4n) is 2.34. The monoisotopic (exact) mass is 408 g/mol. The van der Waals surface area contributed by atoms with Gasteiger partial charge >= 0.3 is 5.00 Å². The van der Waals surface area contributed by atoms with E-state index in [-0.39, 0.29) is 15.6 Å². The summed E-state index contributed by atoms with van der Waals surface area (Å²) in [6.45, 7) is 0.750. The maximum atomic E-state index is 12.4. The van der Waals surface area contributed by atoms with Gasteiger partial charge in [0.05, 0.1) is 26.7 Å². The summed E-state index contributed by atoms with van der Waals surface area (Å²) in [6, 6.07) is 7.00. The molecule has 0 aliphatic rings. The number of rotatable bonds is 6. The summed E-state index contributed by atoms with van der Waals surface area (Å²) in [5, 5.41) is 21.6. The Labute approximate surface area is 159 Å². The number of amides is 1. The zero-order valence-electron chi connectivity index (χ0n) is 13.9. The van der Waals surface area contributed by atoms with Gasteiger partial charge in [0, 0.05) is 31.9 Å². The Morgan fingerprint density at radius 3 is 2.59 bits per heavy atom. The van der Waals surface area contributed by atoms with Crippen LogP contribution in [0.5, 0.6) is 0 Å². The summed E-state index contributed by atoms with van der Waals surface area (Å²) >= 11 is 1.87. The number of nitro benzene ring substituents is 1. The average molecular weight is 408 g/mol. The highest BCUT2D eigenvalue weighted by atomic mass is 32.1. The number of nitro groups is 2. The summed E-state index contributed by atoms with van der Waals surface area (Å²) < 4.78 is 7.41. The number of ether oxygens (including phenoxy) is 1. The van der Waals surface area contributed by atoms with Crippen LogP contribution in [0.15, 0.2) is 35.3 Å². The molecule has 3 rings (SSSR count). The molecule has 2 heterocycles. The number of nitrogens with zero attached hydrogens (tertiary/aromatic N) is 4. The maximum Gasteiger partial charge on any atom is 0.324 e. The van der Waals surface area contributed by atoms with E-state index in [1.807, 2.05) is 0 Å². The molecular formula is C15H12N4O6S2. The number of carbonyl (C=O) groups excluding carboxylic acids is 1. The van der Waals surface area contributed by atoms with Crippen molar-refractivity contribution in [3.05, 3.63) is 60.2 Å². The summed E-state index contributed by atoms with van der Waals surface area (Å²) in [4.78, 5) is 37.6. The van der Waals surface area contributed by atoms with Gasteiger partial charge in [-0.2, -0.15) is 4.99 Å². The first kappa shape index (κ1) is 18.8. The van der Waals surface area contributed by atoms with Crippen molar-refractivity contribution in [2.24, 2.45) is 4.99 Å². The van der Waals surface area contributed by atoms with Gasteiger partial charge in [0.1, 0.15) is 4.88 Å². The van der Waals surface area contributed by atoms with Gasteiger partial charge in [-0.1, -0.05) is 22.7 Å². The molecule has 10 nitrogen and oxygen atoms in total. The Bertz CT molecular complexity index is 1110. The minimum atomic E-state index is -0.611. The first-order valence-corrected chi connectivity index (χ1v) is 9.14. The molecule has 1 amide bonds. The number of carbonyl (C=O) groups is 1. The molecule has 1 aromatic carbocycles. The highest BCUT2D eigenvalue weighted by Crippen LogP contribution is 2.25. The number of hydrogen-bond acceptors (Lipinski definition) is 8. The van der Waals surface area contributed by atoms with Crippen LogP contribution in [-0.2, 0) is 11.3 Å². The molecule has 0 spiro atoms. The van der Waals surface area contributed by atoms with Gasteiger partial charge in [-0.15, -0.1) is 0 Å². The average Bonchev–Trinajstić information content (AvgIpc) is 3.24. The van der Waals surface area contributed by atoms with E-state index >= 15 is 0 Å². The summed E-state index contributed by atoms with van der Waals surface area (Å²) in [5.74, 6) is -0.611. The number of benzene rings is 1. The number of non-ortho nitro benzene ring substituents is 1. The quantitative estimate of drug-likeness (QED) is 0.455. The number of hydrogen-bond donors (Lipinski definition) is 0. The van der Waals surface area contributed by atoms with E-state index in [9.17, 15) is 25.0 Å². The second kappa shape index (κ2) is 7.73. The Kier molecular flexibility index (Phi) is 5.39. The second-order valence-electron chi connectivity index (χ2n) is 5.25. The molecule has 0 saturated carbocycles. The van der Waals surface area contributed by atoms with Gasteiger partial charge in [-0.05, 0) is 12.1 Å². The van der Waals surface area contributed by atoms with Crippen LogP contribution in [0.25, 0.3) is 10.2 Å². The fourth-order valence-corrected chi connectivity index (χ4v) is 4.13. The molecule has 3 aromatic rings. The molecule has 0 bridgehead atoms. The van der Waals surface area contributed by atoms with Crippen molar-refractivity contribution < 1.29 is 19.4 Å². The van der Waals surface area contributed by atoms with Crippen molar-refractivity contribution in [1.82, 2.24) is 4.57 Å². The Hall–Kier alpha value is -2.96. The Balaban J connectivity index is 2.09. The van der Waals surface area contributed by atoms with Crippen molar-refractivity contribution in [3.8, 4) is 0 Å². The third kappa shape index (κ3) is 3.92. The molecule has 27 heavy (non-hydrogen) atoms. The smallest absolute Gasteiger partial charge is 0.324 e. The van der Waals surface area contributed by atoms with Crippen LogP contribution >= 0.6 is 22.7 Å². The SMILES string of the molecule is COCCn1c(=NC(=O)c2ccc([N+](=O)[O-])s2)sc2cc([N+](=O)[O-])ccc21. The van der Waals surface area contributed by atoms with E-state index < -0.39 is 15.8 Å². The van der Waals surface area contributed by atoms with E-state index in [0.717, 1.165) is 22.7 Å². The first-order valence-electron chi connectivity index (χ1n) is 7.50. The lowest BCUT2D eigenvalue weighted by Crippen LogP contribution is -2.19. The van der Waals surface area contributed by atoms with Gasteiger partial charge in [-0.25, -0.2) is 0 Å². The molecular weight excluding hydrogens is 396 g/mol. The van der Waals surface area contributed by atoms with Gasteiger partial charge in [0.15, 0.2) is 4.80 Å². The number of fused-ring (bicyclic) bond motifs is 1. The topological polar surface area (TPSA) is 130 Å². The van der Waals surface area contributed by atoms with Crippen molar-refractivity contribution in [2.45, 2.75) is 6.54 Å². The van der Waals surface area contributed by atoms with E-state index in [1.54, 1.807) is 10.6 Å². The minimum Gasteiger partial charge on any atom is -0.383 e. The predicted molar refractivity (Wildman–Crippen MR) is 99.2 cm³/mol. The molecule has 0 fully saturated rings. The van der Waals surface area contributed by atoms with Crippen molar-refractivity contribution in [1.29, 1.82) is 0 Å². The number of aromatic nitrogens is 1. The molecule has 0 radical (unpaired) electrons. The third-order valence-corrected chi connectivity index (χ3v) is 5.64. The summed E-state index contributed by atoms with van der Waals surface area (Å²) in [6.07, 6.45) is 0. The second-order valence-corrected chi connectivity index (χ2v) is 7.32. The molecule has 12 heteroatoms. The van der Waals surface area contributed by atoms with Gasteiger partial charge < -0.3 is 9.30 Å². The van der Waals surface area contributed by atoms with E-state index in [0.29, 0.717) is 28.2 Å². The highest BCUT2D eigenvalue weighted by Gasteiger charge is 2.16. The third-order valence-electron chi connectivity index (χ3n) is 3.58. The predicted octanol–water partition coefficient (Wildman–Crippen LogP) is 2.97. The van der Waals surface area contributed by atoms with Crippen molar-refractivity contribution in [3.63, 3.8) is 0 Å². The Morgan fingerprint density at radius 2 is 1.96 bits per heavy atom. The Morgan fingerprint density at radius 1 is 1.19 bits per heavy atom. The van der Waals surface area contributed by atoms with Crippen LogP contribution < -0.4 is 4.80 Å². The van der Waals surface area contributed by atoms with E-state index in [2.05, 4.69) is 4.99 Å². The van der Waals surface area contributed by atoms with E-state index in [1.165, 1.54) is 31.4 Å². The number of thiophene rings is 1. The van der Waals surface area contributed by atoms with Gasteiger partial charge in [-0.3, -0.25) is 25.0 Å². The summed E-state index contributed by atoms with van der Waals surface area (Å²) in [5.41, 5.74) is 0.626. The van der Waals surface area contributed by atoms with Gasteiger partial charge in [0.2, 0.25) is 0 Å². The molecule has 0 saturated heterocycles. The largest absolute Gasteiger partial charge is 0.383 e. The normalized spacial score (nSPS) is 11.8. The standard InChI is InChI=1S/C15H12N4O6S2/c1-25-7-6-17-10-3-2-9(18(21)22)8-12(10)27-15(17)16-14(20)11-4-5-13(26-11)19(23)24/h2-5,8H,6-7H2,1H3. The zero-order valence-corrected chi connectivity index (χ0v) is 15.5. The number of thiazole rings is 1. The van der Waals surface area contributed by atoms with Crippen molar-refractivity contribution >= 4 is 49.5 Å². The highest BCUT2D eigenvalue weighted by molar-refractivity contribution is 7.17. The van der Waals surface area contributed by atoms with Crippen molar-refractivity contribution in [2.75, 3.05) is 13.7 Å². The lowest BCUT2D eigenvalue weighted by molar-refractivity contribution is -0.384. The molecule has 140 valence electrons. The molecule has 0 aliphatic heterocycles. The van der Waals surface area contributed by atoms with Crippen LogP contribution in [0.2, 0.25) is 0 Å². The minimum absolute atomic E-state index is 0.0607. The first-order chi connectivity index (χ1) is 12.9. The lowest BCUT2D eigenvalue weighted by Gasteiger charge is -2.03. The lowest BCUT2D eigenvalue weighted by atomic mass is 10.3. The van der Waals surface area contributed by atoms with Crippen LogP contribution in [0.3, 0.4) is 0 Å². The number of methoxy groups -OCH3 is 1. The molecule has 0 N–H and O–H groups in total. The fraction of sp³-hybridized carbons (Fsp3) is 0.200. The molecule has 2 aromatic heterocycles. The van der Waals surface area contributed by atoms with Gasteiger partial charge in [0.25, 0.3) is 11.6 Å². The maximum absolute atomic E-state index is 12.4. The van der Waals surface area contributed by atoms with E-state index in [4.69, 9.17) is 4.74 Å². The summed E-state index contributed by atoms with van der Waals surface area (Å²) in [7, 11) is 1.53. The van der Waals surface area contributed by atoms with Crippen LogP contribution in [-0.4, -0.2) is 34.0 Å².